The molecule has 0 saturated carbocycles. The normalized spacial score (nSPS) is 18.7. The first-order chi connectivity index (χ1) is 9.24. The smallest absolute Gasteiger partial charge is 0.272 e. The standard InChI is InChI=1S/C13H16N4O2/c1-2-15-12-5-3-4-11(16-12)13(18)17-6-7-19-10(8-14)9-17/h3-5,10H,2,6-7,9H2,1H3,(H,15,16). The van der Waals surface area contributed by atoms with Gasteiger partial charge in [0.25, 0.3) is 5.91 Å². The zero-order valence-electron chi connectivity index (χ0n) is 10.8. The molecule has 19 heavy (non-hydrogen) atoms. The number of aromatic nitrogens is 1. The number of hydrogen-bond donors (Lipinski definition) is 1. The van der Waals surface area contributed by atoms with Gasteiger partial charge in [-0.15, -0.1) is 0 Å². The Balaban J connectivity index is 2.10. The second kappa shape index (κ2) is 6.16. The molecule has 100 valence electrons. The fourth-order valence-electron chi connectivity index (χ4n) is 1.91. The van der Waals surface area contributed by atoms with Gasteiger partial charge in [0.2, 0.25) is 0 Å². The lowest BCUT2D eigenvalue weighted by Gasteiger charge is -2.29. The Morgan fingerprint density at radius 2 is 2.53 bits per heavy atom. The summed E-state index contributed by atoms with van der Waals surface area (Å²) in [4.78, 5) is 18.2. The van der Waals surface area contributed by atoms with Crippen LogP contribution in [0.3, 0.4) is 0 Å². The molecule has 6 nitrogen and oxygen atoms in total. The fraction of sp³-hybridized carbons (Fsp3) is 0.462. The molecule has 0 radical (unpaired) electrons. The molecule has 1 aliphatic rings. The summed E-state index contributed by atoms with van der Waals surface area (Å²) in [6.45, 7) is 3.89. The number of carbonyl (C=O) groups excluding carboxylic acids is 1. The maximum Gasteiger partial charge on any atom is 0.272 e. The fourth-order valence-corrected chi connectivity index (χ4v) is 1.91. The Kier molecular flexibility index (Phi) is 4.31. The molecule has 0 aromatic carbocycles. The molecule has 1 aliphatic heterocycles. The minimum Gasteiger partial charge on any atom is -0.370 e. The van der Waals surface area contributed by atoms with Gasteiger partial charge in [-0.25, -0.2) is 4.98 Å². The number of ether oxygens (including phenoxy) is 1. The predicted molar refractivity (Wildman–Crippen MR) is 69.7 cm³/mol. The Morgan fingerprint density at radius 1 is 1.68 bits per heavy atom. The van der Waals surface area contributed by atoms with E-state index in [0.717, 1.165) is 6.54 Å². The van der Waals surface area contributed by atoms with E-state index in [9.17, 15) is 4.79 Å². The molecule has 6 heteroatoms. The molecule has 0 spiro atoms. The Morgan fingerprint density at radius 3 is 3.26 bits per heavy atom. The Labute approximate surface area is 112 Å². The quantitative estimate of drug-likeness (QED) is 0.872. The maximum absolute atomic E-state index is 12.3. The van der Waals surface area contributed by atoms with Crippen LogP contribution in [0.4, 0.5) is 5.82 Å². The summed E-state index contributed by atoms with van der Waals surface area (Å²) in [6.07, 6.45) is -0.547. The van der Waals surface area contributed by atoms with E-state index in [0.29, 0.717) is 31.2 Å². The molecule has 1 aromatic heterocycles. The number of nitrogens with zero attached hydrogens (tertiary/aromatic N) is 3. The summed E-state index contributed by atoms with van der Waals surface area (Å²) in [5.41, 5.74) is 0.386. The van der Waals surface area contributed by atoms with Gasteiger partial charge in [0.1, 0.15) is 11.5 Å². The van der Waals surface area contributed by atoms with Crippen molar-refractivity contribution < 1.29 is 9.53 Å². The van der Waals surface area contributed by atoms with Crippen molar-refractivity contribution in [1.29, 1.82) is 5.26 Å². The molecule has 0 bridgehead atoms. The van der Waals surface area contributed by atoms with Crippen LogP contribution in [0.25, 0.3) is 0 Å². The van der Waals surface area contributed by atoms with Crippen LogP contribution in [0.1, 0.15) is 17.4 Å². The lowest BCUT2D eigenvalue weighted by molar-refractivity contribution is 0.00321. The molecule has 1 amide bonds. The lowest BCUT2D eigenvalue weighted by atomic mass is 10.2. The SMILES string of the molecule is CCNc1cccc(C(=O)N2CCOC(C#N)C2)n1. The number of amides is 1. The third kappa shape index (κ3) is 3.20. The number of morpholine rings is 1. The van der Waals surface area contributed by atoms with Crippen molar-refractivity contribution in [3.63, 3.8) is 0 Å². The van der Waals surface area contributed by atoms with E-state index in [-0.39, 0.29) is 5.91 Å². The molecule has 1 aromatic rings. The molecule has 0 aliphatic carbocycles. The van der Waals surface area contributed by atoms with Crippen molar-refractivity contribution in [2.75, 3.05) is 31.6 Å². The van der Waals surface area contributed by atoms with Gasteiger partial charge < -0.3 is 15.0 Å². The van der Waals surface area contributed by atoms with Crippen molar-refractivity contribution in [1.82, 2.24) is 9.88 Å². The highest BCUT2D eigenvalue weighted by Crippen LogP contribution is 2.11. The van der Waals surface area contributed by atoms with Crippen LogP contribution < -0.4 is 5.32 Å². The summed E-state index contributed by atoms with van der Waals surface area (Å²) >= 11 is 0. The van der Waals surface area contributed by atoms with Gasteiger partial charge in [0, 0.05) is 13.1 Å². The average Bonchev–Trinajstić information content (AvgIpc) is 2.47. The molecule has 2 rings (SSSR count). The van der Waals surface area contributed by atoms with Crippen molar-refractivity contribution in [2.45, 2.75) is 13.0 Å². The predicted octanol–water partition coefficient (Wildman–Crippen LogP) is 0.878. The van der Waals surface area contributed by atoms with Crippen LogP contribution >= 0.6 is 0 Å². The molecule has 2 heterocycles. The lowest BCUT2D eigenvalue weighted by Crippen LogP contribution is -2.45. The summed E-state index contributed by atoms with van der Waals surface area (Å²) in [7, 11) is 0. The summed E-state index contributed by atoms with van der Waals surface area (Å²) in [5.74, 6) is 0.516. The number of rotatable bonds is 3. The molecule has 1 unspecified atom stereocenters. The Bertz CT molecular complexity index is 498. The van der Waals surface area contributed by atoms with E-state index in [1.54, 1.807) is 17.0 Å². The highest BCUT2D eigenvalue weighted by molar-refractivity contribution is 5.92. The van der Waals surface area contributed by atoms with Crippen molar-refractivity contribution in [2.24, 2.45) is 0 Å². The first-order valence-corrected chi connectivity index (χ1v) is 6.26. The van der Waals surface area contributed by atoms with Crippen LogP contribution in [0, 0.1) is 11.3 Å². The summed E-state index contributed by atoms with van der Waals surface area (Å²) in [5, 5.41) is 11.9. The van der Waals surface area contributed by atoms with Gasteiger partial charge in [0.05, 0.1) is 19.2 Å². The van der Waals surface area contributed by atoms with Crippen LogP contribution in [-0.2, 0) is 4.74 Å². The number of carbonyl (C=O) groups is 1. The van der Waals surface area contributed by atoms with E-state index in [1.165, 1.54) is 0 Å². The topological polar surface area (TPSA) is 78.3 Å². The summed E-state index contributed by atoms with van der Waals surface area (Å²) in [6, 6.07) is 7.31. The van der Waals surface area contributed by atoms with Gasteiger partial charge in [-0.2, -0.15) is 5.26 Å². The molecule has 1 N–H and O–H groups in total. The molecule has 1 saturated heterocycles. The molecular weight excluding hydrogens is 244 g/mol. The first kappa shape index (κ1) is 13.3. The molecular formula is C13H16N4O2. The number of pyridine rings is 1. The first-order valence-electron chi connectivity index (χ1n) is 6.26. The molecule has 1 atom stereocenters. The van der Waals surface area contributed by atoms with Crippen molar-refractivity contribution >= 4 is 11.7 Å². The number of nitrogens with one attached hydrogen (secondary N) is 1. The number of anilines is 1. The van der Waals surface area contributed by atoms with Gasteiger partial charge >= 0.3 is 0 Å². The van der Waals surface area contributed by atoms with E-state index in [2.05, 4.69) is 10.3 Å². The minimum absolute atomic E-state index is 0.164. The van der Waals surface area contributed by atoms with Gasteiger partial charge in [-0.05, 0) is 19.1 Å². The zero-order valence-corrected chi connectivity index (χ0v) is 10.8. The van der Waals surface area contributed by atoms with Crippen LogP contribution in [-0.4, -0.2) is 48.1 Å². The van der Waals surface area contributed by atoms with Gasteiger partial charge in [-0.3, -0.25) is 4.79 Å². The monoisotopic (exact) mass is 260 g/mol. The van der Waals surface area contributed by atoms with E-state index >= 15 is 0 Å². The Hall–Kier alpha value is -2.13. The number of nitriles is 1. The van der Waals surface area contributed by atoms with Crippen LogP contribution in [0.5, 0.6) is 0 Å². The third-order valence-electron chi connectivity index (χ3n) is 2.82. The summed E-state index contributed by atoms with van der Waals surface area (Å²) < 4.78 is 5.22. The van der Waals surface area contributed by atoms with Crippen molar-refractivity contribution in [3.05, 3.63) is 23.9 Å². The zero-order chi connectivity index (χ0) is 13.7. The van der Waals surface area contributed by atoms with Gasteiger partial charge in [-0.1, -0.05) is 6.07 Å². The number of hydrogen-bond acceptors (Lipinski definition) is 5. The highest BCUT2D eigenvalue weighted by atomic mass is 16.5. The van der Waals surface area contributed by atoms with E-state index in [4.69, 9.17) is 10.00 Å². The maximum atomic E-state index is 12.3. The highest BCUT2D eigenvalue weighted by Gasteiger charge is 2.25. The second-order valence-corrected chi connectivity index (χ2v) is 4.18. The minimum atomic E-state index is -0.547. The van der Waals surface area contributed by atoms with E-state index in [1.807, 2.05) is 19.1 Å². The average molecular weight is 260 g/mol. The third-order valence-corrected chi connectivity index (χ3v) is 2.82. The van der Waals surface area contributed by atoms with Crippen molar-refractivity contribution in [3.8, 4) is 6.07 Å². The molecule has 1 fully saturated rings. The van der Waals surface area contributed by atoms with E-state index < -0.39 is 6.10 Å². The van der Waals surface area contributed by atoms with Crippen LogP contribution in [0.2, 0.25) is 0 Å². The van der Waals surface area contributed by atoms with Crippen LogP contribution in [0.15, 0.2) is 18.2 Å². The van der Waals surface area contributed by atoms with Gasteiger partial charge in [0.15, 0.2) is 6.10 Å². The largest absolute Gasteiger partial charge is 0.370 e. The second-order valence-electron chi connectivity index (χ2n) is 4.18.